The Kier molecular flexibility index (Phi) is 3.52. The van der Waals surface area contributed by atoms with Crippen LogP contribution in [0, 0.1) is 30.3 Å². The summed E-state index contributed by atoms with van der Waals surface area (Å²) in [6, 6.07) is 0.905. The molecule has 1 aromatic carbocycles. The van der Waals surface area contributed by atoms with Crippen LogP contribution in [0.25, 0.3) is 0 Å². The number of carbonyl (C=O) groups excluding carboxylic acids is 1. The van der Waals surface area contributed by atoms with Crippen LogP contribution >= 0.6 is 11.6 Å². The van der Waals surface area contributed by atoms with Gasteiger partial charge in [-0.2, -0.15) is 0 Å². The monoisotopic (exact) mass is 275 g/mol. The van der Waals surface area contributed by atoms with Crippen LogP contribution in [0.15, 0.2) is 12.1 Å². The Labute approximate surface area is 102 Å². The molecule has 11 heteroatoms. The first-order valence-corrected chi connectivity index (χ1v) is 4.44. The highest BCUT2D eigenvalue weighted by Crippen LogP contribution is 2.35. The van der Waals surface area contributed by atoms with E-state index in [1.54, 1.807) is 0 Å². The molecule has 0 aliphatic rings. The fraction of sp³-hybridized carbons (Fsp3) is 0. The predicted octanol–water partition coefficient (Wildman–Crippen LogP) is 1.79. The van der Waals surface area contributed by atoms with Crippen molar-refractivity contribution in [2.45, 2.75) is 0 Å². The molecule has 1 aromatic rings. The van der Waals surface area contributed by atoms with E-state index in [0.29, 0.717) is 12.1 Å². The molecule has 0 atom stereocenters. The summed E-state index contributed by atoms with van der Waals surface area (Å²) < 4.78 is 0. The van der Waals surface area contributed by atoms with Crippen LogP contribution in [0.2, 0.25) is 0 Å². The van der Waals surface area contributed by atoms with Crippen molar-refractivity contribution in [3.63, 3.8) is 0 Å². The van der Waals surface area contributed by atoms with Crippen molar-refractivity contribution in [3.8, 4) is 0 Å². The van der Waals surface area contributed by atoms with Gasteiger partial charge in [-0.15, -0.1) is 0 Å². The molecule has 0 amide bonds. The molecule has 0 N–H and O–H groups in total. The molecule has 0 aliphatic carbocycles. The molecule has 94 valence electrons. The quantitative estimate of drug-likeness (QED) is 0.462. The third-order valence-corrected chi connectivity index (χ3v) is 2.08. The van der Waals surface area contributed by atoms with E-state index in [1.165, 1.54) is 0 Å². The molecule has 0 aliphatic heterocycles. The van der Waals surface area contributed by atoms with Gasteiger partial charge in [0.25, 0.3) is 10.9 Å². The van der Waals surface area contributed by atoms with Crippen molar-refractivity contribution >= 4 is 33.9 Å². The van der Waals surface area contributed by atoms with Crippen LogP contribution in [0.3, 0.4) is 0 Å². The zero-order valence-corrected chi connectivity index (χ0v) is 8.99. The van der Waals surface area contributed by atoms with Crippen molar-refractivity contribution in [2.75, 3.05) is 0 Å². The second-order valence-electron chi connectivity index (χ2n) is 2.91. The lowest BCUT2D eigenvalue weighted by atomic mass is 10.1. The Hall–Kier alpha value is -2.62. The van der Waals surface area contributed by atoms with Gasteiger partial charge in [0.2, 0.25) is 0 Å². The van der Waals surface area contributed by atoms with Gasteiger partial charge < -0.3 is 0 Å². The second-order valence-corrected chi connectivity index (χ2v) is 3.25. The molecule has 0 bridgehead atoms. The standard InChI is InChI=1S/C7H2ClN3O7/c8-7(12)4-1-3(9(13)14)2-5(10(15)16)6(4)11(17)18/h1-2H. The average molecular weight is 276 g/mol. The number of benzene rings is 1. The van der Waals surface area contributed by atoms with Crippen molar-refractivity contribution in [1.29, 1.82) is 0 Å². The first-order chi connectivity index (χ1) is 8.25. The normalized spacial score (nSPS) is 9.83. The van der Waals surface area contributed by atoms with Crippen molar-refractivity contribution in [3.05, 3.63) is 48.0 Å². The Morgan fingerprint density at radius 1 is 1.00 bits per heavy atom. The van der Waals surface area contributed by atoms with E-state index in [2.05, 4.69) is 0 Å². The molecule has 18 heavy (non-hydrogen) atoms. The number of carbonyl (C=O) groups is 1. The highest BCUT2D eigenvalue weighted by atomic mass is 35.5. The number of non-ortho nitro benzene ring substituents is 1. The molecule has 0 radical (unpaired) electrons. The summed E-state index contributed by atoms with van der Waals surface area (Å²) in [5.74, 6) is 0. The van der Waals surface area contributed by atoms with Crippen LogP contribution in [-0.4, -0.2) is 20.0 Å². The maximum absolute atomic E-state index is 10.9. The molecule has 0 spiro atoms. The van der Waals surface area contributed by atoms with E-state index in [-0.39, 0.29) is 0 Å². The summed E-state index contributed by atoms with van der Waals surface area (Å²) in [6.07, 6.45) is 0. The molecule has 0 heterocycles. The molecule has 0 saturated heterocycles. The molecule has 0 saturated carbocycles. The highest BCUT2D eigenvalue weighted by molar-refractivity contribution is 6.68. The van der Waals surface area contributed by atoms with Crippen molar-refractivity contribution < 1.29 is 19.6 Å². The lowest BCUT2D eigenvalue weighted by Crippen LogP contribution is -2.04. The van der Waals surface area contributed by atoms with Gasteiger partial charge in [-0.25, -0.2) is 0 Å². The fourth-order valence-corrected chi connectivity index (χ4v) is 1.33. The van der Waals surface area contributed by atoms with Crippen LogP contribution in [0.5, 0.6) is 0 Å². The Morgan fingerprint density at radius 2 is 1.56 bits per heavy atom. The molecule has 10 nitrogen and oxygen atoms in total. The number of hydrogen-bond acceptors (Lipinski definition) is 7. The Morgan fingerprint density at radius 3 is 1.89 bits per heavy atom. The van der Waals surface area contributed by atoms with Crippen LogP contribution in [0.4, 0.5) is 17.1 Å². The smallest absolute Gasteiger partial charge is 0.275 e. The van der Waals surface area contributed by atoms with Gasteiger partial charge in [-0.1, -0.05) is 0 Å². The van der Waals surface area contributed by atoms with Gasteiger partial charge in [-0.05, 0) is 11.6 Å². The minimum absolute atomic E-state index is 0.390. The lowest BCUT2D eigenvalue weighted by molar-refractivity contribution is -0.424. The van der Waals surface area contributed by atoms with E-state index in [4.69, 9.17) is 11.6 Å². The lowest BCUT2D eigenvalue weighted by Gasteiger charge is -1.99. The highest BCUT2D eigenvalue weighted by Gasteiger charge is 2.35. The van der Waals surface area contributed by atoms with E-state index in [1.807, 2.05) is 0 Å². The number of nitrogens with zero attached hydrogens (tertiary/aromatic N) is 3. The molecule has 1 rings (SSSR count). The Bertz CT molecular complexity index is 549. The van der Waals surface area contributed by atoms with Crippen LogP contribution in [-0.2, 0) is 0 Å². The van der Waals surface area contributed by atoms with E-state index >= 15 is 0 Å². The van der Waals surface area contributed by atoms with Crippen LogP contribution < -0.4 is 0 Å². The van der Waals surface area contributed by atoms with Crippen LogP contribution in [0.1, 0.15) is 10.4 Å². The summed E-state index contributed by atoms with van der Waals surface area (Å²) in [7, 11) is 0. The van der Waals surface area contributed by atoms with E-state index < -0.39 is 42.6 Å². The summed E-state index contributed by atoms with van der Waals surface area (Å²) in [5, 5.41) is 30.3. The van der Waals surface area contributed by atoms with E-state index in [0.717, 1.165) is 0 Å². The second kappa shape index (κ2) is 4.71. The molecule has 0 aromatic heterocycles. The van der Waals surface area contributed by atoms with Gasteiger partial charge in [0.1, 0.15) is 11.6 Å². The first-order valence-electron chi connectivity index (χ1n) is 4.06. The SMILES string of the molecule is O=C(Cl)c1cc([N+](=O)[O-])cc([N+](=O)[O-])c1[N+](=O)[O-]. The van der Waals surface area contributed by atoms with Gasteiger partial charge >= 0.3 is 11.4 Å². The molecule has 0 unspecified atom stereocenters. The van der Waals surface area contributed by atoms with Crippen molar-refractivity contribution in [2.24, 2.45) is 0 Å². The fourth-order valence-electron chi connectivity index (χ4n) is 1.19. The number of hydrogen-bond donors (Lipinski definition) is 0. The van der Waals surface area contributed by atoms with Crippen molar-refractivity contribution in [1.82, 2.24) is 0 Å². The summed E-state index contributed by atoms with van der Waals surface area (Å²) in [6.45, 7) is 0. The van der Waals surface area contributed by atoms with Gasteiger partial charge in [-0.3, -0.25) is 35.1 Å². The molecular weight excluding hydrogens is 274 g/mol. The largest absolute Gasteiger partial charge is 0.358 e. The number of nitro groups is 3. The minimum atomic E-state index is -1.39. The maximum atomic E-state index is 10.9. The van der Waals surface area contributed by atoms with Gasteiger partial charge in [0.15, 0.2) is 0 Å². The predicted molar refractivity (Wildman–Crippen MR) is 56.6 cm³/mol. The minimum Gasteiger partial charge on any atom is -0.275 e. The zero-order valence-electron chi connectivity index (χ0n) is 8.23. The topological polar surface area (TPSA) is 146 Å². The Balaban J connectivity index is 3.76. The number of halogens is 1. The first kappa shape index (κ1) is 13.4. The summed E-state index contributed by atoms with van der Waals surface area (Å²) in [5.41, 5.74) is -4.08. The third-order valence-electron chi connectivity index (χ3n) is 1.88. The summed E-state index contributed by atoms with van der Waals surface area (Å²) in [4.78, 5) is 39.3. The molecular formula is C7H2ClN3O7. The number of nitro benzene ring substituents is 3. The van der Waals surface area contributed by atoms with Gasteiger partial charge in [0.05, 0.1) is 14.8 Å². The zero-order chi connectivity index (χ0) is 14.0. The van der Waals surface area contributed by atoms with E-state index in [9.17, 15) is 35.1 Å². The van der Waals surface area contributed by atoms with Gasteiger partial charge in [0, 0.05) is 6.07 Å². The average Bonchev–Trinajstić information content (AvgIpc) is 2.26. The number of rotatable bonds is 4. The molecule has 0 fully saturated rings. The summed E-state index contributed by atoms with van der Waals surface area (Å²) >= 11 is 5.02. The third kappa shape index (κ3) is 2.38. The maximum Gasteiger partial charge on any atom is 0.358 e.